The molecule has 3 nitrogen and oxygen atoms in total. The first-order valence-corrected chi connectivity index (χ1v) is 6.83. The van der Waals surface area contributed by atoms with Gasteiger partial charge in [0.15, 0.2) is 0 Å². The van der Waals surface area contributed by atoms with E-state index >= 15 is 0 Å². The Hall–Kier alpha value is -2.33. The third-order valence-electron chi connectivity index (χ3n) is 3.63. The molecule has 4 heteroatoms. The topological polar surface area (TPSA) is 37.8 Å². The van der Waals surface area contributed by atoms with Crippen LogP contribution in [0.2, 0.25) is 0 Å². The van der Waals surface area contributed by atoms with Gasteiger partial charge in [-0.05, 0) is 48.9 Å². The molecule has 1 heterocycles. The van der Waals surface area contributed by atoms with E-state index in [-0.39, 0.29) is 11.9 Å². The van der Waals surface area contributed by atoms with Crippen molar-refractivity contribution in [1.29, 1.82) is 0 Å². The fraction of sp³-hybridized carbons (Fsp3) is 0.176. The number of nitrogens with one attached hydrogen (secondary N) is 1. The van der Waals surface area contributed by atoms with E-state index in [9.17, 15) is 4.39 Å². The first kappa shape index (κ1) is 13.6. The highest BCUT2D eigenvalue weighted by Gasteiger charge is 2.14. The summed E-state index contributed by atoms with van der Waals surface area (Å²) in [7, 11) is 1.89. The average Bonchev–Trinajstić information content (AvgIpc) is 2.51. The lowest BCUT2D eigenvalue weighted by molar-refractivity contribution is 0.614. The predicted octanol–water partition coefficient (Wildman–Crippen LogP) is 3.39. The molecule has 0 aliphatic rings. The maximum absolute atomic E-state index is 13.4. The van der Waals surface area contributed by atoms with E-state index < -0.39 is 0 Å². The quantitative estimate of drug-likeness (QED) is 0.799. The molecule has 0 aliphatic carbocycles. The van der Waals surface area contributed by atoms with Gasteiger partial charge in [0.1, 0.15) is 5.82 Å². The van der Waals surface area contributed by atoms with Crippen LogP contribution >= 0.6 is 0 Å². The molecule has 0 amide bonds. The molecule has 0 saturated carbocycles. The number of halogens is 1. The normalized spacial score (nSPS) is 12.5. The summed E-state index contributed by atoms with van der Waals surface area (Å²) in [6.45, 7) is 1.78. The molecule has 2 aromatic carbocycles. The van der Waals surface area contributed by atoms with Gasteiger partial charge in [-0.25, -0.2) is 4.39 Å². The van der Waals surface area contributed by atoms with Gasteiger partial charge >= 0.3 is 0 Å². The Bertz CT molecular complexity index is 786. The lowest BCUT2D eigenvalue weighted by atomic mass is 9.97. The van der Waals surface area contributed by atoms with Gasteiger partial charge in [-0.3, -0.25) is 9.97 Å². The molecule has 0 bridgehead atoms. The van der Waals surface area contributed by atoms with E-state index in [0.717, 1.165) is 22.2 Å². The Morgan fingerprint density at radius 1 is 0.952 bits per heavy atom. The standard InChI is InChI=1S/C17H16FN3/c1-11-9-12(3-5-14(11)18)17(19-2)13-4-6-15-16(10-13)21-8-7-20-15/h3-10,17,19H,1-2H3. The summed E-state index contributed by atoms with van der Waals surface area (Å²) in [4.78, 5) is 8.61. The van der Waals surface area contributed by atoms with Crippen molar-refractivity contribution in [2.75, 3.05) is 7.05 Å². The van der Waals surface area contributed by atoms with E-state index in [0.29, 0.717) is 5.56 Å². The monoisotopic (exact) mass is 281 g/mol. The molecular weight excluding hydrogens is 265 g/mol. The van der Waals surface area contributed by atoms with Crippen LogP contribution in [-0.4, -0.2) is 17.0 Å². The van der Waals surface area contributed by atoms with Crippen molar-refractivity contribution < 1.29 is 4.39 Å². The minimum absolute atomic E-state index is 0.00398. The van der Waals surface area contributed by atoms with Crippen molar-refractivity contribution in [2.45, 2.75) is 13.0 Å². The van der Waals surface area contributed by atoms with E-state index in [1.807, 2.05) is 37.4 Å². The van der Waals surface area contributed by atoms with Crippen LogP contribution in [0, 0.1) is 12.7 Å². The van der Waals surface area contributed by atoms with Crippen LogP contribution in [-0.2, 0) is 0 Å². The molecule has 1 atom stereocenters. The number of rotatable bonds is 3. The van der Waals surface area contributed by atoms with Crippen molar-refractivity contribution in [3.8, 4) is 0 Å². The molecule has 0 aliphatic heterocycles. The summed E-state index contributed by atoms with van der Waals surface area (Å²) < 4.78 is 13.4. The minimum atomic E-state index is -0.182. The first-order valence-electron chi connectivity index (χ1n) is 6.83. The zero-order valence-corrected chi connectivity index (χ0v) is 12.0. The maximum Gasteiger partial charge on any atom is 0.126 e. The van der Waals surface area contributed by atoms with Crippen molar-refractivity contribution in [3.05, 3.63) is 71.3 Å². The van der Waals surface area contributed by atoms with Gasteiger partial charge in [0.25, 0.3) is 0 Å². The first-order chi connectivity index (χ1) is 10.2. The second kappa shape index (κ2) is 5.58. The number of nitrogens with zero attached hydrogens (tertiary/aromatic N) is 2. The molecule has 0 spiro atoms. The highest BCUT2D eigenvalue weighted by molar-refractivity contribution is 5.74. The number of benzene rings is 2. The molecule has 3 aromatic rings. The Morgan fingerprint density at radius 3 is 2.33 bits per heavy atom. The third kappa shape index (κ3) is 2.62. The van der Waals surface area contributed by atoms with Gasteiger partial charge in [-0.15, -0.1) is 0 Å². The largest absolute Gasteiger partial charge is 0.309 e. The highest BCUT2D eigenvalue weighted by Crippen LogP contribution is 2.25. The zero-order chi connectivity index (χ0) is 14.8. The smallest absolute Gasteiger partial charge is 0.126 e. The number of aromatic nitrogens is 2. The predicted molar refractivity (Wildman–Crippen MR) is 81.6 cm³/mol. The second-order valence-electron chi connectivity index (χ2n) is 5.03. The van der Waals surface area contributed by atoms with Crippen LogP contribution in [0.1, 0.15) is 22.7 Å². The molecule has 1 aromatic heterocycles. The van der Waals surface area contributed by atoms with Gasteiger partial charge in [0.2, 0.25) is 0 Å². The number of aryl methyl sites for hydroxylation is 1. The molecule has 0 saturated heterocycles. The van der Waals surface area contributed by atoms with Crippen LogP contribution in [0.5, 0.6) is 0 Å². The highest BCUT2D eigenvalue weighted by atomic mass is 19.1. The molecule has 1 unspecified atom stereocenters. The van der Waals surface area contributed by atoms with Crippen molar-refractivity contribution >= 4 is 11.0 Å². The number of fused-ring (bicyclic) bond motifs is 1. The fourth-order valence-corrected chi connectivity index (χ4v) is 2.53. The van der Waals surface area contributed by atoms with Gasteiger partial charge in [-0.1, -0.05) is 18.2 Å². The van der Waals surface area contributed by atoms with Gasteiger partial charge < -0.3 is 5.32 Å². The summed E-state index contributed by atoms with van der Waals surface area (Å²) in [5, 5.41) is 3.28. The maximum atomic E-state index is 13.4. The molecule has 0 radical (unpaired) electrons. The van der Waals surface area contributed by atoms with Crippen molar-refractivity contribution in [2.24, 2.45) is 0 Å². The lowest BCUT2D eigenvalue weighted by Crippen LogP contribution is -2.18. The molecule has 106 valence electrons. The summed E-state index contributed by atoms with van der Waals surface area (Å²) >= 11 is 0. The summed E-state index contributed by atoms with van der Waals surface area (Å²) in [5.41, 5.74) is 4.48. The van der Waals surface area contributed by atoms with Gasteiger partial charge in [0.05, 0.1) is 17.1 Å². The number of hydrogen-bond donors (Lipinski definition) is 1. The van der Waals surface area contributed by atoms with Crippen LogP contribution in [0.3, 0.4) is 0 Å². The van der Waals surface area contributed by atoms with Crippen LogP contribution in [0.4, 0.5) is 4.39 Å². The van der Waals surface area contributed by atoms with Gasteiger partial charge in [0, 0.05) is 12.4 Å². The van der Waals surface area contributed by atoms with E-state index in [1.54, 1.807) is 19.3 Å². The number of hydrogen-bond acceptors (Lipinski definition) is 3. The zero-order valence-electron chi connectivity index (χ0n) is 12.0. The molecule has 21 heavy (non-hydrogen) atoms. The van der Waals surface area contributed by atoms with Crippen LogP contribution in [0.25, 0.3) is 11.0 Å². The molecule has 1 N–H and O–H groups in total. The van der Waals surface area contributed by atoms with Gasteiger partial charge in [-0.2, -0.15) is 0 Å². The summed E-state index contributed by atoms with van der Waals surface area (Å²) in [6.07, 6.45) is 3.36. The Balaban J connectivity index is 2.06. The Labute approximate surface area is 122 Å². The minimum Gasteiger partial charge on any atom is -0.309 e. The summed E-state index contributed by atoms with van der Waals surface area (Å²) in [6, 6.07) is 11.2. The van der Waals surface area contributed by atoms with Crippen LogP contribution in [0.15, 0.2) is 48.8 Å². The molecule has 0 fully saturated rings. The van der Waals surface area contributed by atoms with Crippen LogP contribution < -0.4 is 5.32 Å². The summed E-state index contributed by atoms with van der Waals surface area (Å²) in [5.74, 6) is -0.182. The van der Waals surface area contributed by atoms with E-state index in [2.05, 4.69) is 15.3 Å². The van der Waals surface area contributed by atoms with Crippen molar-refractivity contribution in [3.63, 3.8) is 0 Å². The second-order valence-corrected chi connectivity index (χ2v) is 5.03. The lowest BCUT2D eigenvalue weighted by Gasteiger charge is -2.18. The van der Waals surface area contributed by atoms with Crippen molar-refractivity contribution in [1.82, 2.24) is 15.3 Å². The van der Waals surface area contributed by atoms with E-state index in [4.69, 9.17) is 0 Å². The SMILES string of the molecule is CNC(c1ccc(F)c(C)c1)c1ccc2nccnc2c1. The Kier molecular flexibility index (Phi) is 3.62. The fourth-order valence-electron chi connectivity index (χ4n) is 2.53. The molecule has 3 rings (SSSR count). The van der Waals surface area contributed by atoms with E-state index in [1.165, 1.54) is 6.07 Å². The molecular formula is C17H16FN3. The third-order valence-corrected chi connectivity index (χ3v) is 3.63. The Morgan fingerprint density at radius 2 is 1.62 bits per heavy atom. The average molecular weight is 281 g/mol.